The Hall–Kier alpha value is -2.95. The fraction of sp³-hybridized carbons (Fsp3) is 0.767. The molecule has 0 amide bonds. The number of esters is 5. The van der Waals surface area contributed by atoms with Crippen LogP contribution in [-0.4, -0.2) is 70.6 Å². The van der Waals surface area contributed by atoms with Gasteiger partial charge in [-0.05, 0) is 32.1 Å². The van der Waals surface area contributed by atoms with Crippen LogP contribution in [0, 0.1) is 22.7 Å². The smallest absolute Gasteiger partial charge is 0.303 e. The van der Waals surface area contributed by atoms with Crippen molar-refractivity contribution in [1.29, 1.82) is 0 Å². The molecule has 2 rings (SSSR count). The first kappa shape index (κ1) is 34.3. The van der Waals surface area contributed by atoms with Crippen LogP contribution in [0.5, 0.6) is 0 Å². The van der Waals surface area contributed by atoms with E-state index in [9.17, 15) is 29.1 Å². The lowest BCUT2D eigenvalue weighted by atomic mass is 9.42. The summed E-state index contributed by atoms with van der Waals surface area (Å²) in [5.41, 5.74) is -4.82. The standard InChI is InChI=1S/C30H46O11/c1-12-29(10,36)24(39-18(4)33)13-23-28(9)14-22(38-17(3)32)26(40-19(5)34)27(7,8)25(28)21(37-16(2)31)15-30(23,11)41-20(6)35/h12,21-26,36H,1,13-15H2,2-11H3/t21-,22-,23-,24-,25+,26-,28-,29?,30-/m1/s1. The second kappa shape index (κ2) is 12.1. The van der Waals surface area contributed by atoms with Gasteiger partial charge in [0.2, 0.25) is 0 Å². The number of carbonyl (C=O) groups excluding carboxylic acids is 5. The molecule has 41 heavy (non-hydrogen) atoms. The predicted octanol–water partition coefficient (Wildman–Crippen LogP) is 3.43. The number of aliphatic hydroxyl groups is 1. The average molecular weight is 583 g/mol. The first-order valence-electron chi connectivity index (χ1n) is 13.8. The third-order valence-corrected chi connectivity index (χ3v) is 8.86. The van der Waals surface area contributed by atoms with Crippen LogP contribution in [0.3, 0.4) is 0 Å². The normalized spacial score (nSPS) is 34.5. The van der Waals surface area contributed by atoms with Crippen molar-refractivity contribution in [3.8, 4) is 0 Å². The van der Waals surface area contributed by atoms with Gasteiger partial charge in [-0.1, -0.05) is 26.8 Å². The first-order chi connectivity index (χ1) is 18.6. The van der Waals surface area contributed by atoms with Crippen LogP contribution in [0.1, 0.15) is 88.5 Å². The molecule has 0 spiro atoms. The van der Waals surface area contributed by atoms with Crippen LogP contribution in [0.15, 0.2) is 12.7 Å². The second-order valence-corrected chi connectivity index (χ2v) is 12.8. The lowest BCUT2D eigenvalue weighted by Gasteiger charge is -2.66. The zero-order valence-corrected chi connectivity index (χ0v) is 25.9. The molecule has 0 bridgehead atoms. The minimum absolute atomic E-state index is 0.0171. The van der Waals surface area contributed by atoms with Crippen molar-refractivity contribution in [2.24, 2.45) is 22.7 Å². The summed E-state index contributed by atoms with van der Waals surface area (Å²) in [6.07, 6.45) is -2.19. The van der Waals surface area contributed by atoms with E-state index in [1.54, 1.807) is 6.92 Å². The van der Waals surface area contributed by atoms with Crippen molar-refractivity contribution in [1.82, 2.24) is 0 Å². The molecule has 1 N–H and O–H groups in total. The zero-order valence-electron chi connectivity index (χ0n) is 25.9. The molecule has 0 heterocycles. The van der Waals surface area contributed by atoms with E-state index in [1.165, 1.54) is 47.6 Å². The van der Waals surface area contributed by atoms with E-state index in [2.05, 4.69) is 6.58 Å². The number of hydrogen-bond donors (Lipinski definition) is 1. The number of fused-ring (bicyclic) bond motifs is 1. The summed E-state index contributed by atoms with van der Waals surface area (Å²) in [6.45, 7) is 18.8. The predicted molar refractivity (Wildman–Crippen MR) is 146 cm³/mol. The Balaban J connectivity index is 2.89. The summed E-state index contributed by atoms with van der Waals surface area (Å²) in [5, 5.41) is 11.2. The Kier molecular flexibility index (Phi) is 10.1. The average Bonchev–Trinajstić information content (AvgIpc) is 2.76. The molecule has 232 valence electrons. The molecule has 2 saturated carbocycles. The molecule has 2 fully saturated rings. The van der Waals surface area contributed by atoms with Gasteiger partial charge in [0, 0.05) is 58.3 Å². The van der Waals surface area contributed by atoms with Gasteiger partial charge < -0.3 is 28.8 Å². The molecule has 2 aliphatic carbocycles. The maximum absolute atomic E-state index is 12.5. The van der Waals surface area contributed by atoms with Gasteiger partial charge in [-0.25, -0.2) is 0 Å². The van der Waals surface area contributed by atoms with Crippen molar-refractivity contribution in [2.75, 3.05) is 0 Å². The van der Waals surface area contributed by atoms with Gasteiger partial charge in [0.25, 0.3) is 0 Å². The van der Waals surface area contributed by atoms with E-state index >= 15 is 0 Å². The summed E-state index contributed by atoms with van der Waals surface area (Å²) in [5.74, 6) is -4.05. The van der Waals surface area contributed by atoms with Crippen LogP contribution >= 0.6 is 0 Å². The van der Waals surface area contributed by atoms with Crippen molar-refractivity contribution >= 4 is 29.8 Å². The Labute approximate surface area is 242 Å². The first-order valence-corrected chi connectivity index (χ1v) is 13.8. The molecule has 1 unspecified atom stereocenters. The maximum Gasteiger partial charge on any atom is 0.303 e. The van der Waals surface area contributed by atoms with Crippen LogP contribution in [0.4, 0.5) is 0 Å². The van der Waals surface area contributed by atoms with Crippen molar-refractivity contribution in [2.45, 2.75) is 124 Å². The van der Waals surface area contributed by atoms with Crippen molar-refractivity contribution < 1.29 is 52.8 Å². The lowest BCUT2D eigenvalue weighted by Crippen LogP contribution is -2.70. The third kappa shape index (κ3) is 7.28. The summed E-state index contributed by atoms with van der Waals surface area (Å²) in [7, 11) is 0. The molecule has 0 radical (unpaired) electrons. The van der Waals surface area contributed by atoms with Crippen molar-refractivity contribution in [3.05, 3.63) is 12.7 Å². The van der Waals surface area contributed by atoms with E-state index in [-0.39, 0.29) is 19.3 Å². The summed E-state index contributed by atoms with van der Waals surface area (Å²) in [4.78, 5) is 61.5. The van der Waals surface area contributed by atoms with Crippen LogP contribution in [0.25, 0.3) is 0 Å². The highest BCUT2D eigenvalue weighted by molar-refractivity contribution is 5.68. The molecule has 0 aromatic heterocycles. The number of ether oxygens (including phenoxy) is 5. The highest BCUT2D eigenvalue weighted by Crippen LogP contribution is 2.65. The van der Waals surface area contributed by atoms with Crippen molar-refractivity contribution in [3.63, 3.8) is 0 Å². The monoisotopic (exact) mass is 582 g/mol. The topological polar surface area (TPSA) is 152 Å². The Morgan fingerprint density at radius 2 is 1.37 bits per heavy atom. The van der Waals surface area contributed by atoms with E-state index in [4.69, 9.17) is 23.7 Å². The summed E-state index contributed by atoms with van der Waals surface area (Å²) < 4.78 is 29.0. The van der Waals surface area contributed by atoms with E-state index < -0.39 is 88.1 Å². The van der Waals surface area contributed by atoms with Gasteiger partial charge in [-0.2, -0.15) is 0 Å². The fourth-order valence-corrected chi connectivity index (χ4v) is 7.75. The minimum atomic E-state index is -1.65. The Morgan fingerprint density at radius 1 is 0.854 bits per heavy atom. The molecule has 0 saturated heterocycles. The van der Waals surface area contributed by atoms with Gasteiger partial charge in [-0.3, -0.25) is 24.0 Å². The van der Waals surface area contributed by atoms with Gasteiger partial charge >= 0.3 is 29.8 Å². The molecular weight excluding hydrogens is 536 g/mol. The molecule has 2 aliphatic rings. The fourth-order valence-electron chi connectivity index (χ4n) is 7.75. The number of rotatable bonds is 9. The van der Waals surface area contributed by atoms with Gasteiger partial charge in [0.15, 0.2) is 0 Å². The molecule has 0 aliphatic heterocycles. The Bertz CT molecular complexity index is 1060. The van der Waals surface area contributed by atoms with Gasteiger partial charge in [0.05, 0.1) is 0 Å². The van der Waals surface area contributed by atoms with E-state index in [1.807, 2.05) is 20.8 Å². The minimum Gasteiger partial charge on any atom is -0.462 e. The van der Waals surface area contributed by atoms with Gasteiger partial charge in [0.1, 0.15) is 35.6 Å². The lowest BCUT2D eigenvalue weighted by molar-refractivity contribution is -0.276. The SMILES string of the molecule is C=CC(C)(O)[C@@H](C[C@@H]1[C@@]2(C)C[C@@H](OC(C)=O)[C@@H](OC(C)=O)C(C)(C)[C@@H]2[C@H](OC(C)=O)C[C@@]1(C)OC(C)=O)OC(C)=O. The zero-order chi connectivity index (χ0) is 31.7. The largest absolute Gasteiger partial charge is 0.462 e. The molecule has 11 heteroatoms. The molecule has 11 nitrogen and oxygen atoms in total. The molecule has 0 aromatic rings. The highest BCUT2D eigenvalue weighted by atomic mass is 16.6. The number of carbonyl (C=O) groups is 5. The highest BCUT2D eigenvalue weighted by Gasteiger charge is 2.69. The second-order valence-electron chi connectivity index (χ2n) is 12.8. The van der Waals surface area contributed by atoms with E-state index in [0.29, 0.717) is 0 Å². The Morgan fingerprint density at radius 3 is 1.80 bits per heavy atom. The van der Waals surface area contributed by atoms with Crippen LogP contribution in [-0.2, 0) is 47.7 Å². The quantitative estimate of drug-likeness (QED) is 0.242. The molecule has 9 atom stereocenters. The third-order valence-electron chi connectivity index (χ3n) is 8.86. The van der Waals surface area contributed by atoms with Crippen LogP contribution in [0.2, 0.25) is 0 Å². The van der Waals surface area contributed by atoms with E-state index in [0.717, 1.165) is 0 Å². The van der Waals surface area contributed by atoms with Gasteiger partial charge in [-0.15, -0.1) is 6.58 Å². The summed E-state index contributed by atoms with van der Waals surface area (Å²) >= 11 is 0. The summed E-state index contributed by atoms with van der Waals surface area (Å²) in [6, 6.07) is 0. The number of hydrogen-bond acceptors (Lipinski definition) is 11. The maximum atomic E-state index is 12.5. The molecular formula is C30H46O11. The molecule has 0 aromatic carbocycles. The van der Waals surface area contributed by atoms with Crippen LogP contribution < -0.4 is 0 Å².